The van der Waals surface area contributed by atoms with Crippen molar-refractivity contribution in [3.8, 4) is 0 Å². The maximum Gasteiger partial charge on any atom is 0.264 e. The molecule has 0 aliphatic carbocycles. The lowest BCUT2D eigenvalue weighted by Gasteiger charge is -2.37. The summed E-state index contributed by atoms with van der Waals surface area (Å²) < 4.78 is 43.6. The second-order valence-electron chi connectivity index (χ2n) is 7.44. The number of hydrogen-bond donors (Lipinski definition) is 0. The lowest BCUT2D eigenvalue weighted by Crippen LogP contribution is -2.40. The zero-order valence-corrected chi connectivity index (χ0v) is 16.1. The van der Waals surface area contributed by atoms with Crippen molar-refractivity contribution in [1.29, 1.82) is 0 Å². The van der Waals surface area contributed by atoms with Gasteiger partial charge in [0, 0.05) is 19.2 Å². The van der Waals surface area contributed by atoms with Crippen LogP contribution >= 0.6 is 0 Å². The van der Waals surface area contributed by atoms with E-state index in [1.54, 1.807) is 6.92 Å². The Labute approximate surface area is 157 Å². The van der Waals surface area contributed by atoms with Crippen LogP contribution < -0.4 is 5.56 Å². The van der Waals surface area contributed by atoms with Crippen molar-refractivity contribution in [2.45, 2.75) is 59.0 Å². The summed E-state index contributed by atoms with van der Waals surface area (Å²) in [6.45, 7) is 8.01. The van der Waals surface area contributed by atoms with Gasteiger partial charge in [0.1, 0.15) is 16.7 Å². The molecule has 1 aromatic carbocycles. The van der Waals surface area contributed by atoms with Crippen LogP contribution in [-0.4, -0.2) is 27.5 Å². The first-order chi connectivity index (χ1) is 12.9. The summed E-state index contributed by atoms with van der Waals surface area (Å²) in [7, 11) is 0. The third-order valence-electron chi connectivity index (χ3n) is 5.41. The molecule has 7 heteroatoms. The van der Waals surface area contributed by atoms with Gasteiger partial charge in [0.15, 0.2) is 17.5 Å². The highest BCUT2D eigenvalue weighted by Crippen LogP contribution is 2.30. The maximum atomic E-state index is 14.3. The summed E-state index contributed by atoms with van der Waals surface area (Å²) in [6, 6.07) is 0.310. The highest BCUT2D eigenvalue weighted by molar-refractivity contribution is 5.79. The van der Waals surface area contributed by atoms with E-state index < -0.39 is 28.4 Å². The Morgan fingerprint density at radius 2 is 2.00 bits per heavy atom. The van der Waals surface area contributed by atoms with E-state index >= 15 is 0 Å². The number of benzene rings is 1. The molecule has 27 heavy (non-hydrogen) atoms. The summed E-state index contributed by atoms with van der Waals surface area (Å²) in [5.74, 6) is -2.74. The van der Waals surface area contributed by atoms with Crippen LogP contribution in [0.15, 0.2) is 10.9 Å². The third kappa shape index (κ3) is 3.61. The zero-order chi connectivity index (χ0) is 19.7. The van der Waals surface area contributed by atoms with Crippen LogP contribution in [-0.2, 0) is 6.54 Å². The molecule has 2 heterocycles. The van der Waals surface area contributed by atoms with Crippen molar-refractivity contribution < 1.29 is 13.2 Å². The maximum absolute atomic E-state index is 14.3. The fraction of sp³-hybridized carbons (Fsp3) is 0.600. The fourth-order valence-electron chi connectivity index (χ4n) is 4.12. The molecule has 0 amide bonds. The molecule has 4 nitrogen and oxygen atoms in total. The minimum Gasteiger partial charge on any atom is -0.295 e. The van der Waals surface area contributed by atoms with Crippen molar-refractivity contribution in [2.24, 2.45) is 5.92 Å². The highest BCUT2D eigenvalue weighted by Gasteiger charge is 2.30. The molecule has 3 rings (SSSR count). The molecular formula is C20H26F3N3O. The standard InChI is InChI=1S/C20H26F3N3O/c1-4-7-15(25-9-6-8-12(3)11-25)19-24-18-14(22)10-13(21)17(23)16(18)20(27)26(19)5-2/h10,12,15H,4-9,11H2,1-3H3/t12-,15-/m1/s1. The van der Waals surface area contributed by atoms with Crippen LogP contribution in [0.5, 0.6) is 0 Å². The molecule has 148 valence electrons. The predicted octanol–water partition coefficient (Wildman–Crippen LogP) is 4.41. The lowest BCUT2D eigenvalue weighted by molar-refractivity contribution is 0.114. The van der Waals surface area contributed by atoms with Crippen LogP contribution in [0.1, 0.15) is 58.3 Å². The minimum absolute atomic E-state index is 0.151. The first kappa shape index (κ1) is 19.9. The van der Waals surface area contributed by atoms with E-state index in [1.807, 2.05) is 6.92 Å². The molecule has 0 radical (unpaired) electrons. The summed E-state index contributed by atoms with van der Waals surface area (Å²) in [5, 5.41) is -0.611. The number of nitrogens with zero attached hydrogens (tertiary/aromatic N) is 3. The Kier molecular flexibility index (Phi) is 5.89. The van der Waals surface area contributed by atoms with Gasteiger partial charge in [-0.1, -0.05) is 20.3 Å². The molecule has 1 aliphatic heterocycles. The van der Waals surface area contributed by atoms with Crippen LogP contribution in [0, 0.1) is 23.4 Å². The van der Waals surface area contributed by atoms with Gasteiger partial charge in [-0.2, -0.15) is 0 Å². The van der Waals surface area contributed by atoms with Crippen LogP contribution in [0.2, 0.25) is 0 Å². The van der Waals surface area contributed by atoms with E-state index in [2.05, 4.69) is 16.8 Å². The molecule has 0 unspecified atom stereocenters. The quantitative estimate of drug-likeness (QED) is 0.720. The van der Waals surface area contributed by atoms with E-state index in [-0.39, 0.29) is 18.1 Å². The average molecular weight is 381 g/mol. The van der Waals surface area contributed by atoms with Gasteiger partial charge in [-0.25, -0.2) is 18.2 Å². The second-order valence-corrected chi connectivity index (χ2v) is 7.44. The van der Waals surface area contributed by atoms with E-state index in [4.69, 9.17) is 0 Å². The molecule has 1 aliphatic rings. The molecule has 0 N–H and O–H groups in total. The van der Waals surface area contributed by atoms with Crippen molar-refractivity contribution in [2.75, 3.05) is 13.1 Å². The summed E-state index contributed by atoms with van der Waals surface area (Å²) in [5.41, 5.74) is -1.11. The normalized spacial score (nSPS) is 19.6. The van der Waals surface area contributed by atoms with Gasteiger partial charge < -0.3 is 0 Å². The van der Waals surface area contributed by atoms with Gasteiger partial charge in [-0.3, -0.25) is 14.3 Å². The number of hydrogen-bond acceptors (Lipinski definition) is 3. The lowest BCUT2D eigenvalue weighted by atomic mass is 9.97. The molecule has 1 fully saturated rings. The highest BCUT2D eigenvalue weighted by atomic mass is 19.2. The average Bonchev–Trinajstić information content (AvgIpc) is 2.63. The largest absolute Gasteiger partial charge is 0.295 e. The number of rotatable bonds is 5. The molecule has 2 atom stereocenters. The van der Waals surface area contributed by atoms with Crippen LogP contribution in [0.25, 0.3) is 10.9 Å². The van der Waals surface area contributed by atoms with Gasteiger partial charge in [0.2, 0.25) is 0 Å². The van der Waals surface area contributed by atoms with E-state index in [0.29, 0.717) is 17.8 Å². The second kappa shape index (κ2) is 8.00. The Morgan fingerprint density at radius 3 is 2.63 bits per heavy atom. The van der Waals surface area contributed by atoms with Gasteiger partial charge in [-0.15, -0.1) is 0 Å². The molecule has 0 spiro atoms. The number of likely N-dealkylation sites (tertiary alicyclic amines) is 1. The summed E-state index contributed by atoms with van der Waals surface area (Å²) >= 11 is 0. The summed E-state index contributed by atoms with van der Waals surface area (Å²) in [6.07, 6.45) is 3.84. The molecule has 2 aromatic rings. The smallest absolute Gasteiger partial charge is 0.264 e. The zero-order valence-electron chi connectivity index (χ0n) is 16.1. The topological polar surface area (TPSA) is 38.1 Å². The first-order valence-electron chi connectivity index (χ1n) is 9.70. The molecule has 1 saturated heterocycles. The fourth-order valence-corrected chi connectivity index (χ4v) is 4.12. The van der Waals surface area contributed by atoms with Crippen LogP contribution in [0.4, 0.5) is 13.2 Å². The molecule has 0 saturated carbocycles. The number of aromatic nitrogens is 2. The SMILES string of the molecule is CCC[C@H](c1nc2c(F)cc(F)c(F)c2c(=O)n1CC)N1CCC[C@@H](C)C1. The number of piperidine rings is 1. The van der Waals surface area contributed by atoms with Gasteiger partial charge >= 0.3 is 0 Å². The predicted molar refractivity (Wildman–Crippen MR) is 99.2 cm³/mol. The molecule has 1 aromatic heterocycles. The Morgan fingerprint density at radius 1 is 1.26 bits per heavy atom. The molecular weight excluding hydrogens is 355 g/mol. The Hall–Kier alpha value is -1.89. The first-order valence-corrected chi connectivity index (χ1v) is 9.70. The third-order valence-corrected chi connectivity index (χ3v) is 5.41. The van der Waals surface area contributed by atoms with Gasteiger partial charge in [0.05, 0.1) is 6.04 Å². The van der Waals surface area contributed by atoms with Gasteiger partial charge in [-0.05, 0) is 38.6 Å². The van der Waals surface area contributed by atoms with Crippen molar-refractivity contribution in [3.63, 3.8) is 0 Å². The van der Waals surface area contributed by atoms with Crippen molar-refractivity contribution >= 4 is 10.9 Å². The minimum atomic E-state index is -1.37. The van der Waals surface area contributed by atoms with Crippen molar-refractivity contribution in [3.05, 3.63) is 39.7 Å². The van der Waals surface area contributed by atoms with Gasteiger partial charge in [0.25, 0.3) is 5.56 Å². The Balaban J connectivity index is 2.23. The number of fused-ring (bicyclic) bond motifs is 1. The Bertz CT molecular complexity index is 896. The molecule has 0 bridgehead atoms. The van der Waals surface area contributed by atoms with Crippen LogP contribution in [0.3, 0.4) is 0 Å². The van der Waals surface area contributed by atoms with E-state index in [0.717, 1.165) is 38.8 Å². The van der Waals surface area contributed by atoms with Crippen molar-refractivity contribution in [1.82, 2.24) is 14.5 Å². The number of halogens is 3. The van der Waals surface area contributed by atoms with E-state index in [9.17, 15) is 18.0 Å². The van der Waals surface area contributed by atoms with E-state index in [1.165, 1.54) is 4.57 Å². The monoisotopic (exact) mass is 381 g/mol. The summed E-state index contributed by atoms with van der Waals surface area (Å²) in [4.78, 5) is 19.5.